The molecule has 3 rings (SSSR count). The van der Waals surface area contributed by atoms with Crippen molar-refractivity contribution < 1.29 is 28.3 Å². The van der Waals surface area contributed by atoms with Crippen LogP contribution in [0.5, 0.6) is 0 Å². The van der Waals surface area contributed by atoms with Gasteiger partial charge in [-0.25, -0.2) is 4.79 Å². The summed E-state index contributed by atoms with van der Waals surface area (Å²) < 4.78 is 15.5. The number of benzene rings is 1. The monoisotopic (exact) mass is 397 g/mol. The van der Waals surface area contributed by atoms with Crippen LogP contribution in [0, 0.1) is 27.7 Å². The Hall–Kier alpha value is -3.35. The fraction of sp³-hybridized carbons (Fsp3) is 0.318. The second-order valence-corrected chi connectivity index (χ2v) is 7.02. The largest absolute Gasteiger partial charge is 0.465 e. The fourth-order valence-electron chi connectivity index (χ4n) is 3.39. The van der Waals surface area contributed by atoms with Crippen LogP contribution in [0.2, 0.25) is 0 Å². The summed E-state index contributed by atoms with van der Waals surface area (Å²) in [6.07, 6.45) is 1.54. The van der Waals surface area contributed by atoms with Gasteiger partial charge in [-0.3, -0.25) is 9.59 Å². The van der Waals surface area contributed by atoms with Crippen molar-refractivity contribution in [1.82, 2.24) is 4.98 Å². The van der Waals surface area contributed by atoms with Crippen molar-refractivity contribution >= 4 is 28.7 Å². The summed E-state index contributed by atoms with van der Waals surface area (Å²) in [5, 5.41) is 0.856. The number of furan rings is 1. The molecule has 2 heterocycles. The van der Waals surface area contributed by atoms with Crippen LogP contribution >= 0.6 is 0 Å². The zero-order chi connectivity index (χ0) is 21.3. The van der Waals surface area contributed by atoms with E-state index < -0.39 is 24.3 Å². The third-order valence-electron chi connectivity index (χ3n) is 5.15. The smallest absolute Gasteiger partial charge is 0.339 e. The minimum absolute atomic E-state index is 0.00106. The van der Waals surface area contributed by atoms with Gasteiger partial charge in [0.15, 0.2) is 6.61 Å². The van der Waals surface area contributed by atoms with Crippen molar-refractivity contribution in [3.63, 3.8) is 0 Å². The summed E-state index contributed by atoms with van der Waals surface area (Å²) in [4.78, 5) is 39.4. The lowest BCUT2D eigenvalue weighted by Crippen LogP contribution is -2.16. The van der Waals surface area contributed by atoms with Crippen molar-refractivity contribution in [2.75, 3.05) is 13.7 Å². The number of ether oxygens (including phenoxy) is 2. The lowest BCUT2D eigenvalue weighted by Gasteiger charge is -2.05. The molecule has 0 bridgehead atoms. The zero-order valence-electron chi connectivity index (χ0n) is 17.1. The van der Waals surface area contributed by atoms with Crippen LogP contribution in [0.15, 0.2) is 22.8 Å². The van der Waals surface area contributed by atoms with E-state index in [1.165, 1.54) is 7.11 Å². The Morgan fingerprint density at radius 2 is 1.79 bits per heavy atom. The number of rotatable bonds is 6. The first-order valence-electron chi connectivity index (χ1n) is 9.17. The van der Waals surface area contributed by atoms with Gasteiger partial charge in [0.25, 0.3) is 0 Å². The van der Waals surface area contributed by atoms with Gasteiger partial charge in [-0.15, -0.1) is 0 Å². The predicted molar refractivity (Wildman–Crippen MR) is 106 cm³/mol. The van der Waals surface area contributed by atoms with E-state index in [0.29, 0.717) is 22.4 Å². The molecule has 3 aromatic rings. The molecule has 0 saturated heterocycles. The van der Waals surface area contributed by atoms with Crippen LogP contribution in [0.1, 0.15) is 48.8 Å². The highest BCUT2D eigenvalue weighted by Gasteiger charge is 2.23. The second kappa shape index (κ2) is 7.95. The fourth-order valence-corrected chi connectivity index (χ4v) is 3.39. The molecule has 0 aliphatic heterocycles. The van der Waals surface area contributed by atoms with Gasteiger partial charge in [0, 0.05) is 16.6 Å². The normalized spacial score (nSPS) is 10.9. The maximum atomic E-state index is 12.5. The van der Waals surface area contributed by atoms with E-state index in [-0.39, 0.29) is 12.1 Å². The summed E-state index contributed by atoms with van der Waals surface area (Å²) in [5.41, 5.74) is 5.14. The Kier molecular flexibility index (Phi) is 5.59. The number of fused-ring (bicyclic) bond motifs is 1. The number of esters is 2. The number of H-pyrrole nitrogens is 1. The van der Waals surface area contributed by atoms with Gasteiger partial charge in [0.05, 0.1) is 31.1 Å². The summed E-state index contributed by atoms with van der Waals surface area (Å²) >= 11 is 0. The zero-order valence-corrected chi connectivity index (χ0v) is 17.1. The lowest BCUT2D eigenvalue weighted by molar-refractivity contribution is -0.141. The Bertz CT molecular complexity index is 1120. The maximum Gasteiger partial charge on any atom is 0.339 e. The number of carbonyl (C=O) groups excluding carboxylic acids is 3. The minimum Gasteiger partial charge on any atom is -0.465 e. The average Bonchev–Trinajstić information content (AvgIpc) is 3.23. The van der Waals surface area contributed by atoms with Crippen molar-refractivity contribution in [2.24, 2.45) is 0 Å². The van der Waals surface area contributed by atoms with Crippen LogP contribution in [-0.4, -0.2) is 36.4 Å². The molecule has 29 heavy (non-hydrogen) atoms. The molecule has 7 heteroatoms. The molecule has 2 aromatic heterocycles. The third-order valence-corrected chi connectivity index (χ3v) is 5.15. The van der Waals surface area contributed by atoms with E-state index in [1.54, 1.807) is 20.1 Å². The summed E-state index contributed by atoms with van der Waals surface area (Å²) in [6.45, 7) is 6.86. The molecule has 0 aliphatic rings. The van der Waals surface area contributed by atoms with Crippen LogP contribution in [-0.2, 0) is 20.7 Å². The number of methoxy groups -OCH3 is 1. The average molecular weight is 397 g/mol. The quantitative estimate of drug-likeness (QED) is 0.502. The van der Waals surface area contributed by atoms with Gasteiger partial charge < -0.3 is 18.9 Å². The Morgan fingerprint density at radius 1 is 1.07 bits per heavy atom. The molecule has 0 amide bonds. The molecule has 1 aromatic carbocycles. The molecule has 0 saturated carbocycles. The Balaban J connectivity index is 1.68. The number of nitrogens with one attached hydrogen (secondary N) is 1. The molecular formula is C22H23NO6. The van der Waals surface area contributed by atoms with Gasteiger partial charge in [0.2, 0.25) is 5.78 Å². The molecule has 1 N–H and O–H groups in total. The highest BCUT2D eigenvalue weighted by molar-refractivity contribution is 6.02. The van der Waals surface area contributed by atoms with Crippen molar-refractivity contribution in [3.8, 4) is 0 Å². The van der Waals surface area contributed by atoms with E-state index in [9.17, 15) is 14.4 Å². The topological polar surface area (TPSA) is 98.6 Å². The predicted octanol–water partition coefficient (Wildman–Crippen LogP) is 3.75. The molecule has 7 nitrogen and oxygen atoms in total. The summed E-state index contributed by atoms with van der Waals surface area (Å²) in [7, 11) is 1.28. The van der Waals surface area contributed by atoms with Gasteiger partial charge in [0.1, 0.15) is 5.58 Å². The van der Waals surface area contributed by atoms with E-state index in [4.69, 9.17) is 13.9 Å². The van der Waals surface area contributed by atoms with Crippen LogP contribution in [0.3, 0.4) is 0 Å². The Labute approximate surface area is 168 Å². The first-order chi connectivity index (χ1) is 13.7. The van der Waals surface area contributed by atoms with Crippen molar-refractivity contribution in [3.05, 3.63) is 57.6 Å². The van der Waals surface area contributed by atoms with E-state index >= 15 is 0 Å². The highest BCUT2D eigenvalue weighted by atomic mass is 16.5. The number of aromatic amines is 1. The lowest BCUT2D eigenvalue weighted by atomic mass is 10.0. The summed E-state index contributed by atoms with van der Waals surface area (Å²) in [5.74, 6) is -1.48. The number of aromatic nitrogens is 1. The molecular weight excluding hydrogens is 374 g/mol. The molecule has 152 valence electrons. The summed E-state index contributed by atoms with van der Waals surface area (Å²) in [6, 6.07) is 3.88. The first-order valence-corrected chi connectivity index (χ1v) is 9.17. The van der Waals surface area contributed by atoms with Crippen molar-refractivity contribution in [1.29, 1.82) is 0 Å². The number of hydrogen-bond donors (Lipinski definition) is 1. The van der Waals surface area contributed by atoms with E-state index in [2.05, 4.69) is 4.98 Å². The van der Waals surface area contributed by atoms with Gasteiger partial charge in [-0.2, -0.15) is 0 Å². The van der Waals surface area contributed by atoms with E-state index in [0.717, 1.165) is 22.1 Å². The van der Waals surface area contributed by atoms with Crippen LogP contribution in [0.25, 0.3) is 11.0 Å². The third kappa shape index (κ3) is 3.81. The molecule has 0 radical (unpaired) electrons. The molecule has 0 fully saturated rings. The number of ketones is 1. The van der Waals surface area contributed by atoms with Crippen LogP contribution in [0.4, 0.5) is 0 Å². The maximum absolute atomic E-state index is 12.5. The van der Waals surface area contributed by atoms with Gasteiger partial charge in [-0.05, 0) is 44.4 Å². The number of aryl methyl sites for hydroxylation is 3. The number of carbonyl (C=O) groups is 3. The highest BCUT2D eigenvalue weighted by Crippen LogP contribution is 2.27. The SMILES string of the molecule is COC(=O)c1c(C)[nH]c(C(=O)COC(=O)Cc2coc3c(C)c(C)ccc23)c1C. The van der Waals surface area contributed by atoms with Crippen LogP contribution < -0.4 is 0 Å². The minimum atomic E-state index is -0.534. The molecule has 0 spiro atoms. The van der Waals surface area contributed by atoms with Crippen molar-refractivity contribution in [2.45, 2.75) is 34.1 Å². The molecule has 0 unspecified atom stereocenters. The van der Waals surface area contributed by atoms with Gasteiger partial charge >= 0.3 is 11.9 Å². The molecule has 0 atom stereocenters. The number of hydrogen-bond acceptors (Lipinski definition) is 6. The Morgan fingerprint density at radius 3 is 2.48 bits per heavy atom. The standard InChI is InChI=1S/C22H23NO6/c1-11-6-7-16-15(9-29-21(16)12(11)2)8-18(25)28-10-17(24)20-13(3)19(14(4)23-20)22(26)27-5/h6-7,9,23H,8,10H2,1-5H3. The molecule has 0 aliphatic carbocycles. The number of Topliss-reactive ketones (excluding diaryl/α,β-unsaturated/α-hetero) is 1. The van der Waals surface area contributed by atoms with E-state index in [1.807, 2.05) is 26.0 Å². The second-order valence-electron chi connectivity index (χ2n) is 7.02. The van der Waals surface area contributed by atoms with Gasteiger partial charge in [-0.1, -0.05) is 12.1 Å². The first kappa shape index (κ1) is 20.4.